The third-order valence-corrected chi connectivity index (χ3v) is 1.09. The molecule has 0 nitrogen and oxygen atoms in total. The summed E-state index contributed by atoms with van der Waals surface area (Å²) < 4.78 is 0. The first-order valence-electron chi connectivity index (χ1n) is 3.10. The number of hydrogen-bond acceptors (Lipinski definition) is 0. The van der Waals surface area contributed by atoms with Crippen LogP contribution in [-0.4, -0.2) is 7.28 Å². The Hall–Kier alpha value is -0.715. The average molecular weight is 119 g/mol. The lowest BCUT2D eigenvalue weighted by atomic mass is 9.72. The Balaban J connectivity index is 3.84. The third kappa shape index (κ3) is 3.83. The van der Waals surface area contributed by atoms with Gasteiger partial charge >= 0.3 is 0 Å². The molecule has 0 N–H and O–H groups in total. The van der Waals surface area contributed by atoms with E-state index in [9.17, 15) is 0 Å². The Morgan fingerprint density at radius 2 is 2.22 bits per heavy atom. The van der Waals surface area contributed by atoms with Crippen molar-refractivity contribution < 1.29 is 0 Å². The second-order valence-electron chi connectivity index (χ2n) is 1.67. The summed E-state index contributed by atoms with van der Waals surface area (Å²) in [5.41, 5.74) is 1.23. The second kappa shape index (κ2) is 5.42. The SMILES string of the molecule is C=C/C=C\C([B]C)=C/C. The molecule has 0 atom stereocenters. The Bertz CT molecular complexity index is 132. The Morgan fingerprint density at radius 1 is 1.56 bits per heavy atom. The van der Waals surface area contributed by atoms with Gasteiger partial charge in [0.1, 0.15) is 7.28 Å². The molecule has 0 aromatic heterocycles. The van der Waals surface area contributed by atoms with E-state index in [2.05, 4.69) is 19.9 Å². The van der Waals surface area contributed by atoms with E-state index in [1.54, 1.807) is 6.08 Å². The van der Waals surface area contributed by atoms with E-state index in [0.717, 1.165) is 0 Å². The first-order valence-corrected chi connectivity index (χ1v) is 3.10. The summed E-state index contributed by atoms with van der Waals surface area (Å²) in [5.74, 6) is 0. The maximum atomic E-state index is 3.57. The van der Waals surface area contributed by atoms with Gasteiger partial charge in [-0.05, 0) is 6.92 Å². The standard InChI is InChI=1S/C8H12B/c1-4-6-7-8(5-2)9-3/h4-7H,1H2,2-3H3/b7-6-,8-5+. The minimum absolute atomic E-state index is 1.23. The molecule has 0 aromatic rings. The molecule has 9 heavy (non-hydrogen) atoms. The van der Waals surface area contributed by atoms with E-state index in [4.69, 9.17) is 0 Å². The lowest BCUT2D eigenvalue weighted by molar-refractivity contribution is 1.68. The van der Waals surface area contributed by atoms with Gasteiger partial charge in [0.05, 0.1) is 0 Å². The van der Waals surface area contributed by atoms with Crippen molar-refractivity contribution in [2.45, 2.75) is 13.7 Å². The Labute approximate surface area is 58.2 Å². The summed E-state index contributed by atoms with van der Waals surface area (Å²) in [6.07, 6.45) is 7.77. The highest BCUT2D eigenvalue weighted by molar-refractivity contribution is 6.44. The molecule has 0 unspecified atom stereocenters. The summed E-state index contributed by atoms with van der Waals surface area (Å²) in [6, 6.07) is 0. The normalized spacial score (nSPS) is 12.0. The molecule has 0 aliphatic rings. The van der Waals surface area contributed by atoms with E-state index in [0.29, 0.717) is 0 Å². The minimum Gasteiger partial charge on any atom is -0.0991 e. The molecule has 0 fully saturated rings. The molecule has 1 heteroatoms. The fourth-order valence-electron chi connectivity index (χ4n) is 0.538. The van der Waals surface area contributed by atoms with Crippen molar-refractivity contribution in [1.29, 1.82) is 0 Å². The molecule has 0 amide bonds. The van der Waals surface area contributed by atoms with Crippen LogP contribution in [0, 0.1) is 0 Å². The zero-order chi connectivity index (χ0) is 7.11. The van der Waals surface area contributed by atoms with Crippen LogP contribution in [0.4, 0.5) is 0 Å². The van der Waals surface area contributed by atoms with Crippen LogP contribution in [-0.2, 0) is 0 Å². The van der Waals surface area contributed by atoms with E-state index in [1.165, 1.54) is 5.47 Å². The number of hydrogen-bond donors (Lipinski definition) is 0. The van der Waals surface area contributed by atoms with Gasteiger partial charge in [0, 0.05) is 0 Å². The third-order valence-electron chi connectivity index (χ3n) is 1.09. The van der Waals surface area contributed by atoms with Crippen molar-refractivity contribution in [2.24, 2.45) is 0 Å². The maximum absolute atomic E-state index is 3.57. The van der Waals surface area contributed by atoms with Crippen LogP contribution in [0.5, 0.6) is 0 Å². The van der Waals surface area contributed by atoms with Crippen LogP contribution in [0.15, 0.2) is 36.4 Å². The van der Waals surface area contributed by atoms with Gasteiger partial charge < -0.3 is 0 Å². The summed E-state index contributed by atoms with van der Waals surface area (Å²) >= 11 is 0. The second-order valence-corrected chi connectivity index (χ2v) is 1.67. The van der Waals surface area contributed by atoms with Crippen LogP contribution in [0.1, 0.15) is 6.92 Å². The highest BCUT2D eigenvalue weighted by atomic mass is 13.7. The largest absolute Gasteiger partial charge is 0.147 e. The fraction of sp³-hybridized carbons (Fsp3) is 0.250. The summed E-state index contributed by atoms with van der Waals surface area (Å²) in [6.45, 7) is 7.61. The summed E-state index contributed by atoms with van der Waals surface area (Å²) in [5, 5.41) is 0. The molecule has 1 radical (unpaired) electrons. The van der Waals surface area contributed by atoms with Crippen LogP contribution < -0.4 is 0 Å². The van der Waals surface area contributed by atoms with E-state index in [-0.39, 0.29) is 0 Å². The zero-order valence-electron chi connectivity index (χ0n) is 6.09. The quantitative estimate of drug-likeness (QED) is 0.395. The number of rotatable bonds is 3. The van der Waals surface area contributed by atoms with Crippen molar-refractivity contribution in [3.05, 3.63) is 36.4 Å². The van der Waals surface area contributed by atoms with Crippen molar-refractivity contribution >= 4 is 7.28 Å². The van der Waals surface area contributed by atoms with Crippen molar-refractivity contribution in [3.63, 3.8) is 0 Å². The fourth-order valence-corrected chi connectivity index (χ4v) is 0.538. The summed E-state index contributed by atoms with van der Waals surface area (Å²) in [4.78, 5) is 0. The average Bonchev–Trinajstić information content (AvgIpc) is 1.91. The van der Waals surface area contributed by atoms with Crippen LogP contribution in [0.3, 0.4) is 0 Å². The summed E-state index contributed by atoms with van der Waals surface area (Å²) in [7, 11) is 2.06. The van der Waals surface area contributed by atoms with E-state index >= 15 is 0 Å². The Kier molecular flexibility index (Phi) is 4.99. The molecule has 0 aliphatic carbocycles. The van der Waals surface area contributed by atoms with Gasteiger partial charge in [-0.2, -0.15) is 0 Å². The van der Waals surface area contributed by atoms with Gasteiger partial charge in [-0.3, -0.25) is 0 Å². The monoisotopic (exact) mass is 119 g/mol. The van der Waals surface area contributed by atoms with Crippen molar-refractivity contribution in [3.8, 4) is 0 Å². The first kappa shape index (κ1) is 8.28. The lowest BCUT2D eigenvalue weighted by Gasteiger charge is -1.89. The molecule has 0 spiro atoms. The van der Waals surface area contributed by atoms with Gasteiger partial charge in [0.25, 0.3) is 0 Å². The molecule has 47 valence electrons. The predicted octanol–water partition coefficient (Wildman–Crippen LogP) is 2.38. The van der Waals surface area contributed by atoms with Crippen LogP contribution in [0.2, 0.25) is 6.82 Å². The van der Waals surface area contributed by atoms with Gasteiger partial charge in [-0.1, -0.05) is 43.2 Å². The topological polar surface area (TPSA) is 0 Å². The molecule has 0 saturated carbocycles. The van der Waals surface area contributed by atoms with Crippen molar-refractivity contribution in [1.82, 2.24) is 0 Å². The molecule has 0 saturated heterocycles. The van der Waals surface area contributed by atoms with E-state index in [1.807, 2.05) is 25.9 Å². The van der Waals surface area contributed by atoms with Crippen LogP contribution in [0.25, 0.3) is 0 Å². The minimum atomic E-state index is 1.23. The molecule has 0 aromatic carbocycles. The van der Waals surface area contributed by atoms with Gasteiger partial charge in [0.15, 0.2) is 0 Å². The zero-order valence-corrected chi connectivity index (χ0v) is 6.09. The molecule has 0 bridgehead atoms. The van der Waals surface area contributed by atoms with Gasteiger partial charge in [-0.15, -0.1) is 0 Å². The predicted molar refractivity (Wildman–Crippen MR) is 44.7 cm³/mol. The molecule has 0 aliphatic heterocycles. The first-order chi connectivity index (χ1) is 4.35. The highest BCUT2D eigenvalue weighted by Crippen LogP contribution is 1.92. The maximum Gasteiger partial charge on any atom is 0.147 e. The van der Waals surface area contributed by atoms with E-state index < -0.39 is 0 Å². The van der Waals surface area contributed by atoms with Crippen molar-refractivity contribution in [2.75, 3.05) is 0 Å². The van der Waals surface area contributed by atoms with Crippen LogP contribution >= 0.6 is 0 Å². The molecule has 0 heterocycles. The molecular formula is C8H12B. The molecular weight excluding hydrogens is 107 g/mol. The van der Waals surface area contributed by atoms with Gasteiger partial charge in [-0.25, -0.2) is 0 Å². The lowest BCUT2D eigenvalue weighted by Crippen LogP contribution is -1.83. The Morgan fingerprint density at radius 3 is 2.56 bits per heavy atom. The molecule has 0 rings (SSSR count). The number of allylic oxidation sites excluding steroid dienone is 5. The highest BCUT2D eigenvalue weighted by Gasteiger charge is 1.82. The smallest absolute Gasteiger partial charge is 0.0991 e. The van der Waals surface area contributed by atoms with Gasteiger partial charge in [0.2, 0.25) is 0 Å².